The minimum absolute atomic E-state index is 0.0327. The van der Waals surface area contributed by atoms with Crippen molar-refractivity contribution in [2.24, 2.45) is 16.7 Å². The van der Waals surface area contributed by atoms with Crippen molar-refractivity contribution in [1.82, 2.24) is 0 Å². The van der Waals surface area contributed by atoms with Gasteiger partial charge >= 0.3 is 5.97 Å². The largest absolute Gasteiger partial charge is 0.464 e. The van der Waals surface area contributed by atoms with Crippen molar-refractivity contribution in [2.45, 2.75) is 65.0 Å². The monoisotopic (exact) mass is 386 g/mol. The van der Waals surface area contributed by atoms with Crippen LogP contribution >= 0.6 is 0 Å². The predicted molar refractivity (Wildman–Crippen MR) is 97.6 cm³/mol. The Morgan fingerprint density at radius 3 is 2.73 bits per heavy atom. The molecule has 6 nitrogen and oxygen atoms in total. The molecule has 1 unspecified atom stereocenters. The second-order valence-corrected chi connectivity index (χ2v) is 9.68. The summed E-state index contributed by atoms with van der Waals surface area (Å²) >= 11 is 0. The Balaban J connectivity index is 1.78. The smallest absolute Gasteiger partial charge is 0.335 e. The summed E-state index contributed by atoms with van der Waals surface area (Å²) in [4.78, 5) is 12.7. The fraction of sp³-hybridized carbons (Fsp3) is 0.842. The van der Waals surface area contributed by atoms with Crippen molar-refractivity contribution in [2.75, 3.05) is 19.5 Å². The molecule has 0 spiro atoms. The van der Waals surface area contributed by atoms with E-state index in [1.54, 1.807) is 13.0 Å². The van der Waals surface area contributed by atoms with Gasteiger partial charge in [0.1, 0.15) is 0 Å². The lowest BCUT2D eigenvalue weighted by Gasteiger charge is -2.40. The van der Waals surface area contributed by atoms with Gasteiger partial charge in [0, 0.05) is 40.4 Å². The molecule has 1 N–H and O–H groups in total. The normalized spacial score (nSPS) is 39.5. The van der Waals surface area contributed by atoms with Crippen LogP contribution in [0.4, 0.5) is 0 Å². The molecule has 0 amide bonds. The van der Waals surface area contributed by atoms with Gasteiger partial charge < -0.3 is 19.3 Å². The number of methoxy groups -OCH3 is 1. The van der Waals surface area contributed by atoms with Crippen molar-refractivity contribution in [1.29, 1.82) is 0 Å². The number of aliphatic hydroxyl groups excluding tert-OH is 1. The molecule has 0 aromatic heterocycles. The summed E-state index contributed by atoms with van der Waals surface area (Å²) in [7, 11) is 0.179. The first kappa shape index (κ1) is 20.0. The first-order valence-electron chi connectivity index (χ1n) is 9.37. The molecule has 0 saturated heterocycles. The maximum atomic E-state index is 13.2. The Hall–Kier alpha value is -0.760. The lowest BCUT2D eigenvalue weighted by atomic mass is 9.70. The van der Waals surface area contributed by atoms with Gasteiger partial charge in [-0.15, -0.1) is 0 Å². The SMILES string of the molecule is CCOC(=O)[C@H]1CC(S(=O)C[C@@]23CC[C@@H](C[C@@H]2O)C3(C)C)=C[C@H](OC)O1. The van der Waals surface area contributed by atoms with Gasteiger partial charge in [-0.05, 0) is 43.6 Å². The highest BCUT2D eigenvalue weighted by atomic mass is 32.2. The number of rotatable bonds is 6. The summed E-state index contributed by atoms with van der Waals surface area (Å²) < 4.78 is 29.1. The van der Waals surface area contributed by atoms with Crippen LogP contribution < -0.4 is 0 Å². The number of carbonyl (C=O) groups excluding carboxylic acids is 1. The van der Waals surface area contributed by atoms with Crippen LogP contribution in [0.25, 0.3) is 0 Å². The molecule has 6 atom stereocenters. The summed E-state index contributed by atoms with van der Waals surface area (Å²) in [5, 5.41) is 10.7. The highest BCUT2D eigenvalue weighted by Gasteiger charge is 2.64. The van der Waals surface area contributed by atoms with Gasteiger partial charge in [-0.3, -0.25) is 4.21 Å². The minimum atomic E-state index is -1.31. The number of hydrogen-bond donors (Lipinski definition) is 1. The average Bonchev–Trinajstić information content (AvgIpc) is 2.96. The average molecular weight is 387 g/mol. The third kappa shape index (κ3) is 3.17. The Bertz CT molecular complexity index is 615. The quantitative estimate of drug-likeness (QED) is 0.704. The molecule has 2 saturated carbocycles. The van der Waals surface area contributed by atoms with E-state index in [1.807, 2.05) is 0 Å². The van der Waals surface area contributed by atoms with E-state index >= 15 is 0 Å². The van der Waals surface area contributed by atoms with Crippen molar-refractivity contribution in [3.63, 3.8) is 0 Å². The van der Waals surface area contributed by atoms with Crippen LogP contribution in [0.1, 0.15) is 46.5 Å². The van der Waals surface area contributed by atoms with Crippen LogP contribution in [0.5, 0.6) is 0 Å². The number of ether oxygens (including phenoxy) is 3. The Morgan fingerprint density at radius 2 is 2.19 bits per heavy atom. The number of aliphatic hydroxyl groups is 1. The third-order valence-electron chi connectivity index (χ3n) is 6.86. The number of esters is 1. The zero-order chi connectivity index (χ0) is 19.1. The van der Waals surface area contributed by atoms with Gasteiger partial charge in [0.05, 0.1) is 12.7 Å². The molecule has 0 aromatic rings. The van der Waals surface area contributed by atoms with Gasteiger partial charge in [0.15, 0.2) is 12.4 Å². The number of hydrogen-bond acceptors (Lipinski definition) is 6. The van der Waals surface area contributed by atoms with Crippen molar-refractivity contribution < 1.29 is 28.3 Å². The molecule has 7 heteroatoms. The van der Waals surface area contributed by atoms with E-state index in [4.69, 9.17) is 14.2 Å². The van der Waals surface area contributed by atoms with E-state index in [-0.39, 0.29) is 23.9 Å². The Kier molecular flexibility index (Phi) is 5.64. The summed E-state index contributed by atoms with van der Waals surface area (Å²) in [6.45, 7) is 6.39. The third-order valence-corrected chi connectivity index (χ3v) is 8.52. The molecule has 0 radical (unpaired) electrons. The standard InChI is InChI=1S/C19H30O6S/c1-5-24-17(21)14-9-13(10-16(23-4)25-14)26(22)11-19-7-6-12(8-15(19)20)18(19,2)3/h10,12,14-16,20H,5-9,11H2,1-4H3/t12-,14+,15-,16+,19-,26?/m0/s1. The molecule has 3 rings (SSSR count). The predicted octanol–water partition coefficient (Wildman–Crippen LogP) is 2.13. The molecular weight excluding hydrogens is 356 g/mol. The molecule has 0 aromatic carbocycles. The summed E-state index contributed by atoms with van der Waals surface area (Å²) in [6, 6.07) is 0. The van der Waals surface area contributed by atoms with E-state index < -0.39 is 35.3 Å². The fourth-order valence-corrected chi connectivity index (χ4v) is 6.99. The molecule has 26 heavy (non-hydrogen) atoms. The van der Waals surface area contributed by atoms with Crippen LogP contribution in [0.15, 0.2) is 11.0 Å². The fourth-order valence-electron chi connectivity index (χ4n) is 5.02. The van der Waals surface area contributed by atoms with Gasteiger partial charge in [-0.2, -0.15) is 0 Å². The number of carbonyl (C=O) groups is 1. The maximum absolute atomic E-state index is 13.2. The van der Waals surface area contributed by atoms with Gasteiger partial charge in [0.25, 0.3) is 0 Å². The molecule has 3 aliphatic rings. The molecule has 2 aliphatic carbocycles. The van der Waals surface area contributed by atoms with E-state index in [9.17, 15) is 14.1 Å². The van der Waals surface area contributed by atoms with Crippen molar-refractivity contribution >= 4 is 16.8 Å². The first-order valence-corrected chi connectivity index (χ1v) is 10.7. The molecule has 1 aliphatic heterocycles. The second-order valence-electron chi connectivity index (χ2n) is 8.17. The summed E-state index contributed by atoms with van der Waals surface area (Å²) in [5.74, 6) is 0.435. The molecule has 148 valence electrons. The Labute approximate surface area is 157 Å². The molecular formula is C19H30O6S. The van der Waals surface area contributed by atoms with E-state index in [0.717, 1.165) is 19.3 Å². The molecule has 2 bridgehead atoms. The van der Waals surface area contributed by atoms with Crippen molar-refractivity contribution in [3.05, 3.63) is 11.0 Å². The topological polar surface area (TPSA) is 82.1 Å². The second kappa shape index (κ2) is 7.34. The number of fused-ring (bicyclic) bond motifs is 2. The van der Waals surface area contributed by atoms with Crippen LogP contribution in [-0.4, -0.2) is 53.3 Å². The highest BCUT2D eigenvalue weighted by Crippen LogP contribution is 2.66. The van der Waals surface area contributed by atoms with Crippen LogP contribution in [0.3, 0.4) is 0 Å². The van der Waals surface area contributed by atoms with Crippen LogP contribution in [0.2, 0.25) is 0 Å². The lowest BCUT2D eigenvalue weighted by molar-refractivity contribution is -0.178. The van der Waals surface area contributed by atoms with Gasteiger partial charge in [-0.1, -0.05) is 13.8 Å². The van der Waals surface area contributed by atoms with Gasteiger partial charge in [0.2, 0.25) is 0 Å². The van der Waals surface area contributed by atoms with E-state index in [0.29, 0.717) is 16.6 Å². The van der Waals surface area contributed by atoms with E-state index in [1.165, 1.54) is 7.11 Å². The molecule has 1 heterocycles. The molecule has 2 fully saturated rings. The van der Waals surface area contributed by atoms with Gasteiger partial charge in [-0.25, -0.2) is 4.79 Å². The summed E-state index contributed by atoms with van der Waals surface area (Å²) in [5.41, 5.74) is -0.362. The highest BCUT2D eigenvalue weighted by molar-refractivity contribution is 7.89. The zero-order valence-electron chi connectivity index (χ0n) is 16.0. The first-order chi connectivity index (χ1) is 12.2. The maximum Gasteiger partial charge on any atom is 0.335 e. The zero-order valence-corrected chi connectivity index (χ0v) is 16.8. The van der Waals surface area contributed by atoms with E-state index in [2.05, 4.69) is 13.8 Å². The van der Waals surface area contributed by atoms with Crippen LogP contribution in [-0.2, 0) is 29.8 Å². The Morgan fingerprint density at radius 1 is 1.46 bits per heavy atom. The minimum Gasteiger partial charge on any atom is -0.464 e. The lowest BCUT2D eigenvalue weighted by Crippen LogP contribution is -2.44. The summed E-state index contributed by atoms with van der Waals surface area (Å²) in [6.07, 6.45) is 2.76. The van der Waals surface area contributed by atoms with Crippen molar-refractivity contribution in [3.8, 4) is 0 Å². The van der Waals surface area contributed by atoms with Crippen LogP contribution in [0, 0.1) is 16.7 Å².